The van der Waals surface area contributed by atoms with Gasteiger partial charge in [-0.15, -0.1) is 0 Å². The van der Waals surface area contributed by atoms with Crippen LogP contribution in [0.4, 0.5) is 5.69 Å². The molecule has 1 aromatic rings. The van der Waals surface area contributed by atoms with Gasteiger partial charge in [-0.25, -0.2) is 0 Å². The van der Waals surface area contributed by atoms with Crippen LogP contribution in [0.5, 0.6) is 5.75 Å². The first kappa shape index (κ1) is 15.3. The van der Waals surface area contributed by atoms with Crippen molar-refractivity contribution in [1.82, 2.24) is 5.32 Å². The van der Waals surface area contributed by atoms with Crippen LogP contribution < -0.4 is 15.8 Å². The molecule has 0 atom stereocenters. The molecular formula is C14H22N2O3. The maximum absolute atomic E-state index is 11.6. The van der Waals surface area contributed by atoms with Gasteiger partial charge in [0, 0.05) is 37.4 Å². The number of carbonyl (C=O) groups excluding carboxylic acids is 1. The lowest BCUT2D eigenvalue weighted by atomic mass is 10.1. The van der Waals surface area contributed by atoms with E-state index in [1.54, 1.807) is 25.3 Å². The average molecular weight is 266 g/mol. The van der Waals surface area contributed by atoms with Gasteiger partial charge in [0.15, 0.2) is 0 Å². The topological polar surface area (TPSA) is 73.6 Å². The standard InChI is InChI=1S/C14H22N2O3/c1-3-19-8-4-5-14(17)16-10-11-9-12(15)6-7-13(11)18-2/h6-7,9H,3-5,8,10,15H2,1-2H3,(H,16,17). The average Bonchev–Trinajstić information content (AvgIpc) is 2.41. The molecule has 0 heterocycles. The summed E-state index contributed by atoms with van der Waals surface area (Å²) in [7, 11) is 1.60. The van der Waals surface area contributed by atoms with Gasteiger partial charge in [0.2, 0.25) is 5.91 Å². The molecular weight excluding hydrogens is 244 g/mol. The van der Waals surface area contributed by atoms with Crippen LogP contribution in [0.3, 0.4) is 0 Å². The van der Waals surface area contributed by atoms with Crippen LogP contribution in [0.25, 0.3) is 0 Å². The molecule has 1 aromatic carbocycles. The van der Waals surface area contributed by atoms with Crippen LogP contribution in [-0.2, 0) is 16.1 Å². The van der Waals surface area contributed by atoms with Gasteiger partial charge < -0.3 is 20.5 Å². The van der Waals surface area contributed by atoms with Crippen molar-refractivity contribution >= 4 is 11.6 Å². The Hall–Kier alpha value is -1.75. The number of benzene rings is 1. The fourth-order valence-electron chi connectivity index (χ4n) is 1.70. The first-order chi connectivity index (χ1) is 9.17. The highest BCUT2D eigenvalue weighted by Crippen LogP contribution is 2.20. The number of nitrogens with one attached hydrogen (secondary N) is 1. The molecule has 0 radical (unpaired) electrons. The van der Waals surface area contributed by atoms with Crippen molar-refractivity contribution in [2.24, 2.45) is 0 Å². The van der Waals surface area contributed by atoms with Crippen molar-refractivity contribution in [2.45, 2.75) is 26.3 Å². The molecule has 106 valence electrons. The van der Waals surface area contributed by atoms with E-state index in [9.17, 15) is 4.79 Å². The van der Waals surface area contributed by atoms with Gasteiger partial charge in [-0.3, -0.25) is 4.79 Å². The Morgan fingerprint density at radius 1 is 1.42 bits per heavy atom. The van der Waals surface area contributed by atoms with E-state index in [1.165, 1.54) is 0 Å². The smallest absolute Gasteiger partial charge is 0.220 e. The minimum atomic E-state index is 0.00387. The second-order valence-electron chi connectivity index (χ2n) is 4.15. The van der Waals surface area contributed by atoms with E-state index >= 15 is 0 Å². The van der Waals surface area contributed by atoms with Gasteiger partial charge in [0.25, 0.3) is 0 Å². The lowest BCUT2D eigenvalue weighted by Crippen LogP contribution is -2.23. The maximum atomic E-state index is 11.6. The summed E-state index contributed by atoms with van der Waals surface area (Å²) in [6.45, 7) is 3.65. The summed E-state index contributed by atoms with van der Waals surface area (Å²) in [5.41, 5.74) is 7.25. The summed E-state index contributed by atoms with van der Waals surface area (Å²) in [4.78, 5) is 11.6. The van der Waals surface area contributed by atoms with Gasteiger partial charge >= 0.3 is 0 Å². The number of methoxy groups -OCH3 is 1. The molecule has 0 unspecified atom stereocenters. The third-order valence-electron chi connectivity index (χ3n) is 2.68. The van der Waals surface area contributed by atoms with E-state index in [4.69, 9.17) is 15.2 Å². The molecule has 19 heavy (non-hydrogen) atoms. The van der Waals surface area contributed by atoms with E-state index in [0.717, 1.165) is 17.7 Å². The summed E-state index contributed by atoms with van der Waals surface area (Å²) in [6, 6.07) is 5.37. The SMILES string of the molecule is CCOCCCC(=O)NCc1cc(N)ccc1OC. The summed E-state index contributed by atoms with van der Waals surface area (Å²) >= 11 is 0. The maximum Gasteiger partial charge on any atom is 0.220 e. The third-order valence-corrected chi connectivity index (χ3v) is 2.68. The van der Waals surface area contributed by atoms with Crippen LogP contribution >= 0.6 is 0 Å². The monoisotopic (exact) mass is 266 g/mol. The third kappa shape index (κ3) is 5.61. The number of nitrogens with two attached hydrogens (primary N) is 1. The molecule has 1 amide bonds. The van der Waals surface area contributed by atoms with Crippen LogP contribution in [0.2, 0.25) is 0 Å². The number of hydrogen-bond acceptors (Lipinski definition) is 4. The molecule has 0 bridgehead atoms. The van der Waals surface area contributed by atoms with Gasteiger partial charge in [-0.2, -0.15) is 0 Å². The minimum absolute atomic E-state index is 0.00387. The Bertz CT molecular complexity index is 408. The highest BCUT2D eigenvalue weighted by Gasteiger charge is 2.06. The fraction of sp³-hybridized carbons (Fsp3) is 0.500. The van der Waals surface area contributed by atoms with E-state index in [0.29, 0.717) is 31.9 Å². The van der Waals surface area contributed by atoms with Crippen molar-refractivity contribution in [3.8, 4) is 5.75 Å². The Balaban J connectivity index is 2.39. The number of anilines is 1. The van der Waals surface area contributed by atoms with Crippen LogP contribution in [0, 0.1) is 0 Å². The van der Waals surface area contributed by atoms with Crippen molar-refractivity contribution in [3.63, 3.8) is 0 Å². The Labute approximate surface area is 114 Å². The van der Waals surface area contributed by atoms with E-state index in [2.05, 4.69) is 5.32 Å². The van der Waals surface area contributed by atoms with Gasteiger partial charge in [0.1, 0.15) is 5.75 Å². The molecule has 5 heteroatoms. The highest BCUT2D eigenvalue weighted by atomic mass is 16.5. The molecule has 0 aliphatic carbocycles. The van der Waals surface area contributed by atoms with Crippen molar-refractivity contribution in [2.75, 3.05) is 26.1 Å². The zero-order chi connectivity index (χ0) is 14.1. The molecule has 0 aliphatic heterocycles. The minimum Gasteiger partial charge on any atom is -0.496 e. The van der Waals surface area contributed by atoms with Crippen molar-refractivity contribution in [3.05, 3.63) is 23.8 Å². The normalized spacial score (nSPS) is 10.2. The molecule has 0 saturated carbocycles. The predicted molar refractivity (Wildman–Crippen MR) is 75.0 cm³/mol. The second-order valence-corrected chi connectivity index (χ2v) is 4.15. The quantitative estimate of drug-likeness (QED) is 0.555. The van der Waals surface area contributed by atoms with Gasteiger partial charge in [-0.05, 0) is 31.5 Å². The molecule has 5 nitrogen and oxygen atoms in total. The highest BCUT2D eigenvalue weighted by molar-refractivity contribution is 5.76. The zero-order valence-electron chi connectivity index (χ0n) is 11.6. The number of ether oxygens (including phenoxy) is 2. The molecule has 0 fully saturated rings. The van der Waals surface area contributed by atoms with E-state index in [-0.39, 0.29) is 5.91 Å². The summed E-state index contributed by atoms with van der Waals surface area (Å²) in [5, 5.41) is 2.85. The number of amides is 1. The number of nitrogen functional groups attached to an aromatic ring is 1. The number of rotatable bonds is 8. The van der Waals surface area contributed by atoms with Crippen LogP contribution in [-0.4, -0.2) is 26.2 Å². The Morgan fingerprint density at radius 2 is 2.21 bits per heavy atom. The lowest BCUT2D eigenvalue weighted by molar-refractivity contribution is -0.121. The molecule has 0 spiro atoms. The predicted octanol–water partition coefficient (Wildman–Crippen LogP) is 1.71. The fourth-order valence-corrected chi connectivity index (χ4v) is 1.70. The van der Waals surface area contributed by atoms with Gasteiger partial charge in [0.05, 0.1) is 7.11 Å². The number of hydrogen-bond donors (Lipinski definition) is 2. The molecule has 3 N–H and O–H groups in total. The molecule has 0 aliphatic rings. The Kier molecular flexibility index (Phi) is 6.74. The van der Waals surface area contributed by atoms with Gasteiger partial charge in [-0.1, -0.05) is 0 Å². The van der Waals surface area contributed by atoms with Crippen molar-refractivity contribution in [1.29, 1.82) is 0 Å². The van der Waals surface area contributed by atoms with Crippen molar-refractivity contribution < 1.29 is 14.3 Å². The van der Waals surface area contributed by atoms with E-state index in [1.807, 2.05) is 6.92 Å². The molecule has 0 saturated heterocycles. The van der Waals surface area contributed by atoms with Crippen LogP contribution in [0.1, 0.15) is 25.3 Å². The first-order valence-electron chi connectivity index (χ1n) is 6.44. The van der Waals surface area contributed by atoms with Crippen LogP contribution in [0.15, 0.2) is 18.2 Å². The molecule has 1 rings (SSSR count). The first-order valence-corrected chi connectivity index (χ1v) is 6.44. The largest absolute Gasteiger partial charge is 0.496 e. The summed E-state index contributed by atoms with van der Waals surface area (Å²) in [6.07, 6.45) is 1.19. The zero-order valence-corrected chi connectivity index (χ0v) is 11.6. The van der Waals surface area contributed by atoms with E-state index < -0.39 is 0 Å². The summed E-state index contributed by atoms with van der Waals surface area (Å²) < 4.78 is 10.4. The summed E-state index contributed by atoms with van der Waals surface area (Å²) in [5.74, 6) is 0.730. The second kappa shape index (κ2) is 8.37. The number of carbonyl (C=O) groups is 1. The Morgan fingerprint density at radius 3 is 2.89 bits per heavy atom. The lowest BCUT2D eigenvalue weighted by Gasteiger charge is -2.10. The molecule has 0 aromatic heterocycles.